The lowest BCUT2D eigenvalue weighted by Gasteiger charge is -2.23. The van der Waals surface area contributed by atoms with Gasteiger partial charge in [-0.15, -0.1) is 0 Å². The molecule has 0 saturated heterocycles. The lowest BCUT2D eigenvalue weighted by Crippen LogP contribution is -2.29. The Morgan fingerprint density at radius 3 is 3.25 bits per heavy atom. The standard InChI is InChI=1S/C9H16N2O/c1-3-11-6-4-5-9(8-11)7-10-12-2/h5,7H,3-4,6,8H2,1-2H3. The minimum atomic E-state index is 1.00. The highest BCUT2D eigenvalue weighted by Gasteiger charge is 2.08. The summed E-state index contributed by atoms with van der Waals surface area (Å²) in [5.41, 5.74) is 1.25. The molecule has 1 aliphatic rings. The molecule has 0 atom stereocenters. The summed E-state index contributed by atoms with van der Waals surface area (Å²) in [7, 11) is 1.57. The van der Waals surface area contributed by atoms with Crippen LogP contribution in [0, 0.1) is 0 Å². The zero-order valence-corrected chi connectivity index (χ0v) is 7.79. The molecule has 0 aromatic rings. The Morgan fingerprint density at radius 2 is 2.58 bits per heavy atom. The third kappa shape index (κ3) is 2.66. The molecule has 3 nitrogen and oxygen atoms in total. The highest BCUT2D eigenvalue weighted by atomic mass is 16.6. The SMILES string of the molecule is CCN1CCC=C(C=NOC)C1. The van der Waals surface area contributed by atoms with Crippen LogP contribution < -0.4 is 0 Å². The van der Waals surface area contributed by atoms with Gasteiger partial charge in [-0.25, -0.2) is 0 Å². The van der Waals surface area contributed by atoms with Crippen molar-refractivity contribution in [1.29, 1.82) is 0 Å². The molecule has 0 aromatic heterocycles. The molecule has 0 N–H and O–H groups in total. The van der Waals surface area contributed by atoms with E-state index in [9.17, 15) is 0 Å². The Morgan fingerprint density at radius 1 is 1.75 bits per heavy atom. The average molecular weight is 168 g/mol. The molecule has 0 radical (unpaired) electrons. The predicted octanol–water partition coefficient (Wildman–Crippen LogP) is 1.27. The van der Waals surface area contributed by atoms with Crippen LogP contribution in [0.15, 0.2) is 16.8 Å². The van der Waals surface area contributed by atoms with Crippen molar-refractivity contribution >= 4 is 6.21 Å². The number of nitrogens with zero attached hydrogens (tertiary/aromatic N) is 2. The fraction of sp³-hybridized carbons (Fsp3) is 0.667. The lowest BCUT2D eigenvalue weighted by atomic mass is 10.1. The molecule has 1 heterocycles. The van der Waals surface area contributed by atoms with Gasteiger partial charge in [-0.05, 0) is 18.5 Å². The van der Waals surface area contributed by atoms with Gasteiger partial charge >= 0.3 is 0 Å². The number of likely N-dealkylation sites (N-methyl/N-ethyl adjacent to an activating group) is 1. The van der Waals surface area contributed by atoms with Crippen LogP contribution in [0.25, 0.3) is 0 Å². The first kappa shape index (κ1) is 9.26. The smallest absolute Gasteiger partial charge is 0.106 e. The van der Waals surface area contributed by atoms with Gasteiger partial charge in [-0.3, -0.25) is 4.90 Å². The Hall–Kier alpha value is -0.830. The van der Waals surface area contributed by atoms with Gasteiger partial charge in [0.1, 0.15) is 7.11 Å². The van der Waals surface area contributed by atoms with Crippen molar-refractivity contribution in [2.24, 2.45) is 5.16 Å². The molecule has 0 bridgehead atoms. The predicted molar refractivity (Wildman–Crippen MR) is 50.3 cm³/mol. The van der Waals surface area contributed by atoms with Crippen LogP contribution in [0.5, 0.6) is 0 Å². The summed E-state index contributed by atoms with van der Waals surface area (Å²) in [5, 5.41) is 3.74. The molecule has 3 heteroatoms. The van der Waals surface area contributed by atoms with Gasteiger partial charge in [0.25, 0.3) is 0 Å². The largest absolute Gasteiger partial charge is 0.399 e. The second-order valence-corrected chi connectivity index (χ2v) is 2.85. The maximum Gasteiger partial charge on any atom is 0.106 e. The van der Waals surface area contributed by atoms with Gasteiger partial charge in [-0.2, -0.15) is 0 Å². The van der Waals surface area contributed by atoms with E-state index in [1.807, 2.05) is 0 Å². The van der Waals surface area contributed by atoms with Gasteiger partial charge in [-0.1, -0.05) is 18.2 Å². The number of hydrogen-bond donors (Lipinski definition) is 0. The lowest BCUT2D eigenvalue weighted by molar-refractivity contribution is 0.215. The number of rotatable bonds is 3. The third-order valence-electron chi connectivity index (χ3n) is 2.03. The van der Waals surface area contributed by atoms with E-state index in [1.165, 1.54) is 12.1 Å². The van der Waals surface area contributed by atoms with Crippen molar-refractivity contribution in [3.63, 3.8) is 0 Å². The molecule has 12 heavy (non-hydrogen) atoms. The number of hydrogen-bond acceptors (Lipinski definition) is 3. The quantitative estimate of drug-likeness (QED) is 0.468. The van der Waals surface area contributed by atoms with Crippen LogP contribution in [0.3, 0.4) is 0 Å². The van der Waals surface area contributed by atoms with Crippen molar-refractivity contribution < 1.29 is 4.84 Å². The van der Waals surface area contributed by atoms with Crippen molar-refractivity contribution in [2.45, 2.75) is 13.3 Å². The summed E-state index contributed by atoms with van der Waals surface area (Å²) >= 11 is 0. The highest BCUT2D eigenvalue weighted by molar-refractivity contribution is 5.78. The Balaban J connectivity index is 2.44. The molecule has 1 aliphatic heterocycles. The first-order valence-electron chi connectivity index (χ1n) is 4.34. The van der Waals surface area contributed by atoms with E-state index >= 15 is 0 Å². The monoisotopic (exact) mass is 168 g/mol. The van der Waals surface area contributed by atoms with E-state index < -0.39 is 0 Å². The Labute approximate surface area is 73.7 Å². The van der Waals surface area contributed by atoms with E-state index in [4.69, 9.17) is 0 Å². The first-order valence-corrected chi connectivity index (χ1v) is 4.34. The molecule has 0 amide bonds. The summed E-state index contributed by atoms with van der Waals surface area (Å²) in [5.74, 6) is 0. The van der Waals surface area contributed by atoms with Crippen molar-refractivity contribution in [3.05, 3.63) is 11.6 Å². The fourth-order valence-electron chi connectivity index (χ4n) is 1.32. The molecule has 0 aromatic carbocycles. The molecule has 0 aliphatic carbocycles. The third-order valence-corrected chi connectivity index (χ3v) is 2.03. The van der Waals surface area contributed by atoms with Crippen molar-refractivity contribution in [2.75, 3.05) is 26.7 Å². The minimum absolute atomic E-state index is 1.00. The molecule has 0 unspecified atom stereocenters. The van der Waals surface area contributed by atoms with Gasteiger partial charge in [0.05, 0.1) is 6.21 Å². The van der Waals surface area contributed by atoms with Crippen LogP contribution in [0.2, 0.25) is 0 Å². The Bertz CT molecular complexity index is 187. The molecule has 1 rings (SSSR count). The van der Waals surface area contributed by atoms with E-state index in [2.05, 4.69) is 27.9 Å². The summed E-state index contributed by atoms with van der Waals surface area (Å²) < 4.78 is 0. The van der Waals surface area contributed by atoms with E-state index in [1.54, 1.807) is 13.3 Å². The van der Waals surface area contributed by atoms with Gasteiger partial charge in [0.15, 0.2) is 0 Å². The summed E-state index contributed by atoms with van der Waals surface area (Å²) in [6, 6.07) is 0. The van der Waals surface area contributed by atoms with E-state index in [0.717, 1.165) is 19.5 Å². The summed E-state index contributed by atoms with van der Waals surface area (Å²) in [4.78, 5) is 7.01. The molecule has 0 fully saturated rings. The molecule has 0 spiro atoms. The molecule has 0 saturated carbocycles. The minimum Gasteiger partial charge on any atom is -0.399 e. The molecular formula is C9H16N2O. The maximum absolute atomic E-state index is 4.62. The van der Waals surface area contributed by atoms with Gasteiger partial charge < -0.3 is 4.84 Å². The van der Waals surface area contributed by atoms with Crippen LogP contribution in [-0.4, -0.2) is 37.9 Å². The average Bonchev–Trinajstić information content (AvgIpc) is 2.15. The molecule has 68 valence electrons. The first-order chi connectivity index (χ1) is 5.86. The number of oxime groups is 1. The van der Waals surface area contributed by atoms with Crippen molar-refractivity contribution in [3.8, 4) is 0 Å². The summed E-state index contributed by atoms with van der Waals surface area (Å²) in [6.45, 7) is 5.46. The maximum atomic E-state index is 4.62. The van der Waals surface area contributed by atoms with Crippen LogP contribution in [0.4, 0.5) is 0 Å². The topological polar surface area (TPSA) is 24.8 Å². The van der Waals surface area contributed by atoms with E-state index in [0.29, 0.717) is 0 Å². The fourth-order valence-corrected chi connectivity index (χ4v) is 1.32. The van der Waals surface area contributed by atoms with E-state index in [-0.39, 0.29) is 0 Å². The zero-order valence-electron chi connectivity index (χ0n) is 7.79. The zero-order chi connectivity index (χ0) is 8.81. The van der Waals surface area contributed by atoms with Crippen LogP contribution >= 0.6 is 0 Å². The second-order valence-electron chi connectivity index (χ2n) is 2.85. The van der Waals surface area contributed by atoms with Crippen LogP contribution in [-0.2, 0) is 4.84 Å². The van der Waals surface area contributed by atoms with Crippen molar-refractivity contribution in [1.82, 2.24) is 4.90 Å². The Kier molecular flexibility index (Phi) is 3.80. The van der Waals surface area contributed by atoms with Crippen LogP contribution in [0.1, 0.15) is 13.3 Å². The second kappa shape index (κ2) is 4.93. The van der Waals surface area contributed by atoms with Gasteiger partial charge in [0.2, 0.25) is 0 Å². The highest BCUT2D eigenvalue weighted by Crippen LogP contribution is 2.06. The molecular weight excluding hydrogens is 152 g/mol. The summed E-state index contributed by atoms with van der Waals surface area (Å²) in [6.07, 6.45) is 5.13. The van der Waals surface area contributed by atoms with Gasteiger partial charge in [0, 0.05) is 13.1 Å². The normalized spacial score (nSPS) is 19.7.